The molecule has 3 unspecified atom stereocenters. The lowest BCUT2D eigenvalue weighted by Crippen LogP contribution is -2.38. The maximum atomic E-state index is 9.27. The predicted molar refractivity (Wildman–Crippen MR) is 40.3 cm³/mol. The van der Waals surface area contributed by atoms with E-state index in [1.165, 1.54) is 0 Å². The van der Waals surface area contributed by atoms with E-state index >= 15 is 0 Å². The van der Waals surface area contributed by atoms with Gasteiger partial charge in [0.2, 0.25) is 0 Å². The molecular weight excluding hydrogens is 152 g/mol. The molecule has 0 spiro atoms. The summed E-state index contributed by atoms with van der Waals surface area (Å²) < 4.78 is 5.08. The van der Waals surface area contributed by atoms with Gasteiger partial charge >= 0.3 is 0 Å². The Kier molecular flexibility index (Phi) is 2.96. The molecule has 1 N–H and O–H groups in total. The van der Waals surface area contributed by atoms with Gasteiger partial charge in [0.15, 0.2) is 0 Å². The van der Waals surface area contributed by atoms with Crippen molar-refractivity contribution in [3.05, 3.63) is 0 Å². The van der Waals surface area contributed by atoms with E-state index in [1.807, 2.05) is 0 Å². The van der Waals surface area contributed by atoms with Gasteiger partial charge in [0, 0.05) is 7.11 Å². The Bertz CT molecular complexity index is 108. The summed E-state index contributed by atoms with van der Waals surface area (Å²) in [5.41, 5.74) is 0. The SMILES string of the molecule is COC1CCCC(O)C1Cl. The van der Waals surface area contributed by atoms with Crippen LogP contribution < -0.4 is 0 Å². The number of methoxy groups -OCH3 is 1. The van der Waals surface area contributed by atoms with Gasteiger partial charge in [-0.05, 0) is 19.3 Å². The topological polar surface area (TPSA) is 29.5 Å². The lowest BCUT2D eigenvalue weighted by molar-refractivity contribution is 0.0162. The van der Waals surface area contributed by atoms with Crippen LogP contribution in [0.5, 0.6) is 0 Å². The molecule has 0 radical (unpaired) electrons. The Morgan fingerprint density at radius 2 is 2.20 bits per heavy atom. The summed E-state index contributed by atoms with van der Waals surface area (Å²) in [6, 6.07) is 0. The minimum absolute atomic E-state index is 0.0467. The number of aliphatic hydroxyl groups excluding tert-OH is 1. The quantitative estimate of drug-likeness (QED) is 0.590. The zero-order chi connectivity index (χ0) is 7.56. The van der Waals surface area contributed by atoms with Crippen LogP contribution >= 0.6 is 11.6 Å². The second kappa shape index (κ2) is 3.56. The molecule has 0 bridgehead atoms. The van der Waals surface area contributed by atoms with Crippen molar-refractivity contribution in [2.45, 2.75) is 36.8 Å². The molecule has 1 aliphatic carbocycles. The number of alkyl halides is 1. The van der Waals surface area contributed by atoms with Crippen molar-refractivity contribution in [3.8, 4) is 0 Å². The van der Waals surface area contributed by atoms with Crippen molar-refractivity contribution >= 4 is 11.6 Å². The Morgan fingerprint density at radius 3 is 2.70 bits per heavy atom. The van der Waals surface area contributed by atoms with Gasteiger partial charge in [0.05, 0.1) is 17.6 Å². The molecule has 60 valence electrons. The van der Waals surface area contributed by atoms with E-state index in [2.05, 4.69) is 0 Å². The number of ether oxygens (including phenoxy) is 1. The summed E-state index contributed by atoms with van der Waals surface area (Å²) in [6.07, 6.45) is 2.48. The highest BCUT2D eigenvalue weighted by Crippen LogP contribution is 2.25. The highest BCUT2D eigenvalue weighted by Gasteiger charge is 2.29. The van der Waals surface area contributed by atoms with Gasteiger partial charge in [-0.1, -0.05) is 0 Å². The third-order valence-corrected chi connectivity index (χ3v) is 2.59. The van der Waals surface area contributed by atoms with Crippen molar-refractivity contribution in [3.63, 3.8) is 0 Å². The fourth-order valence-electron chi connectivity index (χ4n) is 1.34. The van der Waals surface area contributed by atoms with E-state index < -0.39 is 0 Å². The summed E-state index contributed by atoms with van der Waals surface area (Å²) in [5.74, 6) is 0. The first-order valence-electron chi connectivity index (χ1n) is 3.60. The minimum Gasteiger partial charge on any atom is -0.391 e. The average molecular weight is 165 g/mol. The van der Waals surface area contributed by atoms with Gasteiger partial charge < -0.3 is 9.84 Å². The second-order valence-corrected chi connectivity index (χ2v) is 3.22. The van der Waals surface area contributed by atoms with Crippen LogP contribution in [-0.2, 0) is 4.74 Å². The fraction of sp³-hybridized carbons (Fsp3) is 1.00. The van der Waals surface area contributed by atoms with Crippen LogP contribution in [0.25, 0.3) is 0 Å². The molecule has 1 rings (SSSR count). The van der Waals surface area contributed by atoms with Gasteiger partial charge in [-0.3, -0.25) is 0 Å². The van der Waals surface area contributed by atoms with E-state index in [9.17, 15) is 5.11 Å². The molecule has 2 nitrogen and oxygen atoms in total. The monoisotopic (exact) mass is 164 g/mol. The van der Waals surface area contributed by atoms with Gasteiger partial charge in [0.25, 0.3) is 0 Å². The first kappa shape index (κ1) is 8.31. The maximum absolute atomic E-state index is 9.27. The van der Waals surface area contributed by atoms with Gasteiger partial charge in [-0.15, -0.1) is 11.6 Å². The summed E-state index contributed by atoms with van der Waals surface area (Å²) in [7, 11) is 1.64. The van der Waals surface area contributed by atoms with Gasteiger partial charge in [-0.2, -0.15) is 0 Å². The van der Waals surface area contributed by atoms with Crippen LogP contribution in [0.3, 0.4) is 0 Å². The fourth-order valence-corrected chi connectivity index (χ4v) is 1.70. The zero-order valence-electron chi connectivity index (χ0n) is 6.09. The van der Waals surface area contributed by atoms with Crippen LogP contribution in [0.2, 0.25) is 0 Å². The average Bonchev–Trinajstić information content (AvgIpc) is 1.95. The van der Waals surface area contributed by atoms with E-state index in [0.717, 1.165) is 19.3 Å². The molecule has 3 heteroatoms. The summed E-state index contributed by atoms with van der Waals surface area (Å²) >= 11 is 5.86. The Balaban J connectivity index is 2.42. The third-order valence-electron chi connectivity index (χ3n) is 2.01. The molecule has 0 amide bonds. The molecule has 1 fully saturated rings. The van der Waals surface area contributed by atoms with Crippen LogP contribution in [-0.4, -0.2) is 29.8 Å². The largest absolute Gasteiger partial charge is 0.391 e. The minimum atomic E-state index is -0.375. The lowest BCUT2D eigenvalue weighted by Gasteiger charge is -2.29. The molecule has 0 aromatic heterocycles. The molecule has 0 aromatic carbocycles. The van der Waals surface area contributed by atoms with Crippen molar-refractivity contribution in [1.29, 1.82) is 0 Å². The first-order valence-corrected chi connectivity index (χ1v) is 4.04. The van der Waals surface area contributed by atoms with E-state index in [0.29, 0.717) is 0 Å². The normalized spacial score (nSPS) is 41.7. The Morgan fingerprint density at radius 1 is 1.50 bits per heavy atom. The maximum Gasteiger partial charge on any atom is 0.0856 e. The summed E-state index contributed by atoms with van der Waals surface area (Å²) in [5, 5.41) is 9.06. The van der Waals surface area contributed by atoms with Crippen LogP contribution in [0.4, 0.5) is 0 Å². The van der Waals surface area contributed by atoms with E-state index in [-0.39, 0.29) is 17.6 Å². The van der Waals surface area contributed by atoms with Crippen molar-refractivity contribution < 1.29 is 9.84 Å². The van der Waals surface area contributed by atoms with E-state index in [1.54, 1.807) is 7.11 Å². The molecular formula is C7H13ClO2. The second-order valence-electron chi connectivity index (χ2n) is 2.72. The summed E-state index contributed by atoms with van der Waals surface area (Å²) in [4.78, 5) is 0. The predicted octanol–water partition coefficient (Wildman–Crippen LogP) is 1.15. The molecule has 10 heavy (non-hydrogen) atoms. The van der Waals surface area contributed by atoms with Gasteiger partial charge in [-0.25, -0.2) is 0 Å². The van der Waals surface area contributed by atoms with Gasteiger partial charge in [0.1, 0.15) is 0 Å². The third kappa shape index (κ3) is 1.62. The van der Waals surface area contributed by atoms with Crippen LogP contribution in [0, 0.1) is 0 Å². The first-order chi connectivity index (χ1) is 4.75. The van der Waals surface area contributed by atoms with Crippen molar-refractivity contribution in [1.82, 2.24) is 0 Å². The Labute approximate surface area is 66.1 Å². The molecule has 1 aliphatic rings. The number of hydrogen-bond acceptors (Lipinski definition) is 2. The highest BCUT2D eigenvalue weighted by molar-refractivity contribution is 6.21. The molecule has 3 atom stereocenters. The van der Waals surface area contributed by atoms with Crippen molar-refractivity contribution in [2.24, 2.45) is 0 Å². The number of rotatable bonds is 1. The Hall–Kier alpha value is 0.210. The highest BCUT2D eigenvalue weighted by atomic mass is 35.5. The van der Waals surface area contributed by atoms with Crippen molar-refractivity contribution in [2.75, 3.05) is 7.11 Å². The summed E-state index contributed by atoms with van der Waals surface area (Å²) in [6.45, 7) is 0. The smallest absolute Gasteiger partial charge is 0.0856 e. The van der Waals surface area contributed by atoms with E-state index in [4.69, 9.17) is 16.3 Å². The molecule has 0 heterocycles. The van der Waals surface area contributed by atoms with Crippen LogP contribution in [0.1, 0.15) is 19.3 Å². The number of aliphatic hydroxyl groups is 1. The van der Waals surface area contributed by atoms with Crippen LogP contribution in [0.15, 0.2) is 0 Å². The molecule has 0 aliphatic heterocycles. The number of halogens is 1. The molecule has 0 saturated heterocycles. The number of hydrogen-bond donors (Lipinski definition) is 1. The lowest BCUT2D eigenvalue weighted by atomic mass is 9.94. The zero-order valence-corrected chi connectivity index (χ0v) is 6.84. The molecule has 1 saturated carbocycles. The molecule has 0 aromatic rings. The standard InChI is InChI=1S/C7H13ClO2/c1-10-6-4-2-3-5(9)7(6)8/h5-7,9H,2-4H2,1H3.